The molecular formula is C8H16O2. The van der Waals surface area contributed by atoms with E-state index in [-0.39, 0.29) is 6.61 Å². The summed E-state index contributed by atoms with van der Waals surface area (Å²) in [4.78, 5) is 0. The zero-order valence-corrected chi connectivity index (χ0v) is 6.55. The lowest BCUT2D eigenvalue weighted by Crippen LogP contribution is -2.25. The van der Waals surface area contributed by atoms with Gasteiger partial charge in [-0.05, 0) is 32.6 Å². The summed E-state index contributed by atoms with van der Waals surface area (Å²) in [6, 6.07) is 0. The van der Waals surface area contributed by atoms with Gasteiger partial charge >= 0.3 is 0 Å². The van der Waals surface area contributed by atoms with Gasteiger partial charge in [-0.1, -0.05) is 0 Å². The smallest absolute Gasteiger partial charge is 0.0600 e. The summed E-state index contributed by atoms with van der Waals surface area (Å²) in [6.45, 7) is 2.36. The quantitative estimate of drug-likeness (QED) is 0.633. The van der Waals surface area contributed by atoms with Gasteiger partial charge in [-0.25, -0.2) is 0 Å². The molecular weight excluding hydrogens is 128 g/mol. The number of hydrogen-bond donors (Lipinski definition) is 1. The Balaban J connectivity index is 2.18. The van der Waals surface area contributed by atoms with Crippen LogP contribution < -0.4 is 0 Å². The molecule has 1 heterocycles. The molecule has 2 nitrogen and oxygen atoms in total. The number of ether oxygens (including phenoxy) is 1. The molecule has 0 saturated carbocycles. The highest BCUT2D eigenvalue weighted by Crippen LogP contribution is 2.20. The molecule has 2 atom stereocenters. The SMILES string of the molecule is CC1CCCC(CCO)O1. The molecule has 1 rings (SSSR count). The molecule has 0 aromatic heterocycles. The second-order valence-corrected chi connectivity index (χ2v) is 3.01. The van der Waals surface area contributed by atoms with E-state index in [2.05, 4.69) is 6.92 Å². The van der Waals surface area contributed by atoms with Crippen LogP contribution in [0.4, 0.5) is 0 Å². The third-order valence-corrected chi connectivity index (χ3v) is 2.01. The largest absolute Gasteiger partial charge is 0.396 e. The molecule has 10 heavy (non-hydrogen) atoms. The lowest BCUT2D eigenvalue weighted by atomic mass is 10.0. The standard InChI is InChI=1S/C8H16O2/c1-7-3-2-4-8(10-7)5-6-9/h7-9H,2-6H2,1H3. The van der Waals surface area contributed by atoms with Crippen molar-refractivity contribution in [3.63, 3.8) is 0 Å². The summed E-state index contributed by atoms with van der Waals surface area (Å²) in [7, 11) is 0. The van der Waals surface area contributed by atoms with Crippen molar-refractivity contribution in [1.29, 1.82) is 0 Å². The zero-order valence-electron chi connectivity index (χ0n) is 6.55. The van der Waals surface area contributed by atoms with E-state index >= 15 is 0 Å². The second kappa shape index (κ2) is 3.94. The zero-order chi connectivity index (χ0) is 7.40. The van der Waals surface area contributed by atoms with Crippen LogP contribution in [0.2, 0.25) is 0 Å². The van der Waals surface area contributed by atoms with Crippen LogP contribution in [0.1, 0.15) is 32.6 Å². The van der Waals surface area contributed by atoms with Crippen molar-refractivity contribution in [3.05, 3.63) is 0 Å². The minimum absolute atomic E-state index is 0.261. The van der Waals surface area contributed by atoms with Crippen molar-refractivity contribution < 1.29 is 9.84 Å². The molecule has 0 aromatic carbocycles. The maximum atomic E-state index is 8.62. The molecule has 1 N–H and O–H groups in total. The van der Waals surface area contributed by atoms with Crippen molar-refractivity contribution in [1.82, 2.24) is 0 Å². The molecule has 2 unspecified atom stereocenters. The number of hydrogen-bond acceptors (Lipinski definition) is 2. The van der Waals surface area contributed by atoms with E-state index in [0.29, 0.717) is 12.2 Å². The first-order valence-corrected chi connectivity index (χ1v) is 4.09. The van der Waals surface area contributed by atoms with Crippen LogP contribution in [-0.4, -0.2) is 23.9 Å². The third kappa shape index (κ3) is 2.27. The molecule has 1 saturated heterocycles. The van der Waals surface area contributed by atoms with Gasteiger partial charge in [0, 0.05) is 6.61 Å². The highest BCUT2D eigenvalue weighted by molar-refractivity contribution is 4.67. The minimum atomic E-state index is 0.261. The highest BCUT2D eigenvalue weighted by atomic mass is 16.5. The van der Waals surface area contributed by atoms with E-state index in [0.717, 1.165) is 12.8 Å². The normalized spacial score (nSPS) is 34.2. The number of rotatable bonds is 2. The summed E-state index contributed by atoms with van der Waals surface area (Å²) in [5, 5.41) is 8.62. The van der Waals surface area contributed by atoms with E-state index in [4.69, 9.17) is 9.84 Å². The first kappa shape index (κ1) is 8.02. The van der Waals surface area contributed by atoms with Crippen LogP contribution in [0.5, 0.6) is 0 Å². The predicted octanol–water partition coefficient (Wildman–Crippen LogP) is 1.33. The Kier molecular flexibility index (Phi) is 3.16. The van der Waals surface area contributed by atoms with Crippen molar-refractivity contribution in [2.24, 2.45) is 0 Å². The van der Waals surface area contributed by atoms with Crippen molar-refractivity contribution in [2.45, 2.75) is 44.8 Å². The van der Waals surface area contributed by atoms with Crippen LogP contribution in [0.3, 0.4) is 0 Å². The van der Waals surface area contributed by atoms with Gasteiger partial charge in [0.2, 0.25) is 0 Å². The van der Waals surface area contributed by atoms with Gasteiger partial charge in [0.25, 0.3) is 0 Å². The summed E-state index contributed by atoms with van der Waals surface area (Å²) in [5.74, 6) is 0. The molecule has 0 bridgehead atoms. The average molecular weight is 144 g/mol. The average Bonchev–Trinajstić information content (AvgIpc) is 1.88. The molecule has 0 spiro atoms. The molecule has 0 aliphatic carbocycles. The molecule has 0 radical (unpaired) electrons. The van der Waals surface area contributed by atoms with Crippen LogP contribution in [-0.2, 0) is 4.74 Å². The molecule has 1 aliphatic heterocycles. The first-order chi connectivity index (χ1) is 4.83. The van der Waals surface area contributed by atoms with Crippen molar-refractivity contribution in [2.75, 3.05) is 6.61 Å². The molecule has 0 aromatic rings. The predicted molar refractivity (Wildman–Crippen MR) is 39.9 cm³/mol. The van der Waals surface area contributed by atoms with Gasteiger partial charge in [0.05, 0.1) is 12.2 Å². The lowest BCUT2D eigenvalue weighted by molar-refractivity contribution is -0.0489. The Morgan fingerprint density at radius 3 is 2.90 bits per heavy atom. The van der Waals surface area contributed by atoms with E-state index in [1.54, 1.807) is 0 Å². The molecule has 2 heteroatoms. The summed E-state index contributed by atoms with van der Waals surface area (Å²) >= 11 is 0. The maximum absolute atomic E-state index is 8.62. The Morgan fingerprint density at radius 2 is 2.30 bits per heavy atom. The summed E-state index contributed by atoms with van der Waals surface area (Å²) < 4.78 is 5.57. The fourth-order valence-electron chi connectivity index (χ4n) is 1.45. The minimum Gasteiger partial charge on any atom is -0.396 e. The first-order valence-electron chi connectivity index (χ1n) is 4.09. The Bertz CT molecular complexity index is 91.3. The van der Waals surface area contributed by atoms with Crippen LogP contribution in [0.15, 0.2) is 0 Å². The van der Waals surface area contributed by atoms with E-state index in [1.807, 2.05) is 0 Å². The van der Waals surface area contributed by atoms with Crippen LogP contribution >= 0.6 is 0 Å². The Hall–Kier alpha value is -0.0800. The molecule has 1 fully saturated rings. The third-order valence-electron chi connectivity index (χ3n) is 2.01. The lowest BCUT2D eigenvalue weighted by Gasteiger charge is -2.27. The monoisotopic (exact) mass is 144 g/mol. The van der Waals surface area contributed by atoms with Crippen molar-refractivity contribution >= 4 is 0 Å². The second-order valence-electron chi connectivity index (χ2n) is 3.01. The van der Waals surface area contributed by atoms with E-state index in [1.165, 1.54) is 12.8 Å². The summed E-state index contributed by atoms with van der Waals surface area (Å²) in [5.41, 5.74) is 0. The van der Waals surface area contributed by atoms with Gasteiger partial charge in [-0.15, -0.1) is 0 Å². The van der Waals surface area contributed by atoms with Gasteiger partial charge < -0.3 is 9.84 Å². The van der Waals surface area contributed by atoms with E-state index in [9.17, 15) is 0 Å². The maximum Gasteiger partial charge on any atom is 0.0600 e. The Morgan fingerprint density at radius 1 is 1.50 bits per heavy atom. The van der Waals surface area contributed by atoms with E-state index < -0.39 is 0 Å². The topological polar surface area (TPSA) is 29.5 Å². The van der Waals surface area contributed by atoms with Crippen LogP contribution in [0, 0.1) is 0 Å². The number of aliphatic hydroxyl groups is 1. The number of aliphatic hydroxyl groups excluding tert-OH is 1. The molecule has 0 amide bonds. The van der Waals surface area contributed by atoms with Gasteiger partial charge in [0.15, 0.2) is 0 Å². The molecule has 60 valence electrons. The Labute approximate surface area is 62.2 Å². The fourth-order valence-corrected chi connectivity index (χ4v) is 1.45. The van der Waals surface area contributed by atoms with Crippen LogP contribution in [0.25, 0.3) is 0 Å². The fraction of sp³-hybridized carbons (Fsp3) is 1.00. The summed E-state index contributed by atoms with van der Waals surface area (Å²) in [6.07, 6.45) is 5.11. The highest BCUT2D eigenvalue weighted by Gasteiger charge is 2.17. The van der Waals surface area contributed by atoms with Crippen molar-refractivity contribution in [3.8, 4) is 0 Å². The molecule has 1 aliphatic rings. The van der Waals surface area contributed by atoms with Gasteiger partial charge in [0.1, 0.15) is 0 Å². The van der Waals surface area contributed by atoms with Gasteiger partial charge in [-0.3, -0.25) is 0 Å². The van der Waals surface area contributed by atoms with Gasteiger partial charge in [-0.2, -0.15) is 0 Å².